The summed E-state index contributed by atoms with van der Waals surface area (Å²) >= 11 is 0. The summed E-state index contributed by atoms with van der Waals surface area (Å²) in [4.78, 5) is 7.64. The largest absolute Gasteiger partial charge is 0.275 e. The van der Waals surface area contributed by atoms with Gasteiger partial charge in [-0.05, 0) is 22.9 Å². The topological polar surface area (TPSA) is 45.9 Å². The van der Waals surface area contributed by atoms with Crippen LogP contribution in [0.4, 0.5) is 5.69 Å². The fraction of sp³-hybridized carbons (Fsp3) is 0. The molecule has 98 valence electrons. The van der Waals surface area contributed by atoms with Crippen molar-refractivity contribution in [2.24, 2.45) is 0 Å². The standard InChI is InChI=1S/C17H10N4/c1-18-14-9-15-16(20-21-17(15)19-10-14)13-7-6-11-4-2-3-5-12(11)8-13/h2-10H,(H,19,20,21). The first-order valence-electron chi connectivity index (χ1n) is 6.56. The summed E-state index contributed by atoms with van der Waals surface area (Å²) in [5, 5.41) is 10.5. The number of nitrogens with zero attached hydrogens (tertiary/aromatic N) is 3. The molecule has 0 atom stereocenters. The van der Waals surface area contributed by atoms with Crippen molar-refractivity contribution in [2.45, 2.75) is 0 Å². The van der Waals surface area contributed by atoms with Crippen molar-refractivity contribution in [3.05, 3.63) is 66.1 Å². The van der Waals surface area contributed by atoms with Gasteiger partial charge in [0, 0.05) is 17.1 Å². The molecule has 4 nitrogen and oxygen atoms in total. The maximum Gasteiger partial charge on any atom is 0.205 e. The Morgan fingerprint density at radius 2 is 1.86 bits per heavy atom. The summed E-state index contributed by atoms with van der Waals surface area (Å²) in [6.07, 6.45) is 1.54. The first-order valence-corrected chi connectivity index (χ1v) is 6.56. The normalized spacial score (nSPS) is 10.8. The molecule has 0 spiro atoms. The predicted octanol–water partition coefficient (Wildman–Crippen LogP) is 4.33. The molecule has 0 aliphatic heterocycles. The molecular formula is C17H10N4. The Morgan fingerprint density at radius 3 is 2.71 bits per heavy atom. The molecule has 4 heteroatoms. The van der Waals surface area contributed by atoms with Crippen molar-refractivity contribution in [1.82, 2.24) is 15.2 Å². The van der Waals surface area contributed by atoms with Crippen LogP contribution in [-0.4, -0.2) is 15.2 Å². The number of hydrogen-bond donors (Lipinski definition) is 1. The molecule has 0 fully saturated rings. The first kappa shape index (κ1) is 11.6. The van der Waals surface area contributed by atoms with Crippen LogP contribution in [-0.2, 0) is 0 Å². The lowest BCUT2D eigenvalue weighted by molar-refractivity contribution is 1.10. The predicted molar refractivity (Wildman–Crippen MR) is 83.1 cm³/mol. The van der Waals surface area contributed by atoms with E-state index in [9.17, 15) is 0 Å². The number of benzene rings is 2. The molecule has 1 N–H and O–H groups in total. The zero-order valence-electron chi connectivity index (χ0n) is 11.0. The first-order chi connectivity index (χ1) is 10.3. The molecule has 0 amide bonds. The molecular weight excluding hydrogens is 260 g/mol. The Hall–Kier alpha value is -3.19. The minimum absolute atomic E-state index is 0.519. The van der Waals surface area contributed by atoms with E-state index < -0.39 is 0 Å². The van der Waals surface area contributed by atoms with Gasteiger partial charge in [0.15, 0.2) is 5.65 Å². The zero-order chi connectivity index (χ0) is 14.2. The van der Waals surface area contributed by atoms with Crippen LogP contribution in [0.1, 0.15) is 0 Å². The molecule has 0 bridgehead atoms. The highest BCUT2D eigenvalue weighted by Gasteiger charge is 2.09. The number of pyridine rings is 1. The number of H-pyrrole nitrogens is 1. The van der Waals surface area contributed by atoms with Crippen molar-refractivity contribution in [3.63, 3.8) is 0 Å². The average Bonchev–Trinajstić information content (AvgIpc) is 2.97. The van der Waals surface area contributed by atoms with Crippen molar-refractivity contribution >= 4 is 27.5 Å². The highest BCUT2D eigenvalue weighted by atomic mass is 15.1. The summed E-state index contributed by atoms with van der Waals surface area (Å²) in [6, 6.07) is 16.3. The number of aromatic amines is 1. The fourth-order valence-corrected chi connectivity index (χ4v) is 2.51. The van der Waals surface area contributed by atoms with Gasteiger partial charge < -0.3 is 0 Å². The number of fused-ring (bicyclic) bond motifs is 2. The molecule has 21 heavy (non-hydrogen) atoms. The second-order valence-electron chi connectivity index (χ2n) is 4.84. The lowest BCUT2D eigenvalue weighted by Gasteiger charge is -2.02. The van der Waals surface area contributed by atoms with E-state index >= 15 is 0 Å². The second kappa shape index (κ2) is 4.43. The van der Waals surface area contributed by atoms with E-state index in [-0.39, 0.29) is 0 Å². The molecule has 2 heterocycles. The monoisotopic (exact) mass is 270 g/mol. The Labute approximate surface area is 120 Å². The van der Waals surface area contributed by atoms with Crippen molar-refractivity contribution < 1.29 is 0 Å². The summed E-state index contributed by atoms with van der Waals surface area (Å²) in [5.41, 5.74) is 3.09. The van der Waals surface area contributed by atoms with Gasteiger partial charge in [0.1, 0.15) is 0 Å². The molecule has 0 saturated carbocycles. The van der Waals surface area contributed by atoms with Gasteiger partial charge in [-0.2, -0.15) is 5.10 Å². The maximum atomic E-state index is 7.11. The van der Waals surface area contributed by atoms with Gasteiger partial charge in [-0.3, -0.25) is 5.10 Å². The zero-order valence-corrected chi connectivity index (χ0v) is 11.0. The van der Waals surface area contributed by atoms with Gasteiger partial charge >= 0.3 is 0 Å². The summed E-state index contributed by atoms with van der Waals surface area (Å²) < 4.78 is 0. The van der Waals surface area contributed by atoms with E-state index in [0.29, 0.717) is 11.3 Å². The molecule has 0 saturated heterocycles. The van der Waals surface area contributed by atoms with Crippen molar-refractivity contribution in [3.8, 4) is 11.3 Å². The van der Waals surface area contributed by atoms with E-state index in [4.69, 9.17) is 6.57 Å². The number of rotatable bonds is 1. The minimum atomic E-state index is 0.519. The van der Waals surface area contributed by atoms with Crippen LogP contribution in [0.15, 0.2) is 54.7 Å². The van der Waals surface area contributed by atoms with E-state index in [2.05, 4.69) is 50.4 Å². The number of nitrogens with one attached hydrogen (secondary N) is 1. The number of aromatic nitrogens is 3. The second-order valence-corrected chi connectivity index (χ2v) is 4.84. The summed E-state index contributed by atoms with van der Waals surface area (Å²) in [7, 11) is 0. The average molecular weight is 270 g/mol. The van der Waals surface area contributed by atoms with E-state index in [1.165, 1.54) is 10.8 Å². The Bertz CT molecular complexity index is 1010. The van der Waals surface area contributed by atoms with E-state index in [1.54, 1.807) is 6.20 Å². The van der Waals surface area contributed by atoms with Crippen LogP contribution in [0.3, 0.4) is 0 Å². The van der Waals surface area contributed by atoms with Crippen LogP contribution in [0, 0.1) is 6.57 Å². The van der Waals surface area contributed by atoms with Gasteiger partial charge in [-0.1, -0.05) is 36.4 Å². The van der Waals surface area contributed by atoms with Gasteiger partial charge in [0.25, 0.3) is 0 Å². The lowest BCUT2D eigenvalue weighted by atomic mass is 10.0. The van der Waals surface area contributed by atoms with E-state index in [1.807, 2.05) is 18.2 Å². The smallest absolute Gasteiger partial charge is 0.205 e. The Balaban J connectivity index is 1.97. The molecule has 0 aliphatic rings. The van der Waals surface area contributed by atoms with Crippen LogP contribution < -0.4 is 0 Å². The molecule has 0 unspecified atom stereocenters. The maximum absolute atomic E-state index is 7.11. The number of hydrogen-bond acceptors (Lipinski definition) is 2. The third-order valence-corrected chi connectivity index (χ3v) is 3.56. The van der Waals surface area contributed by atoms with Crippen molar-refractivity contribution in [2.75, 3.05) is 0 Å². The summed E-state index contributed by atoms with van der Waals surface area (Å²) in [6.45, 7) is 7.11. The van der Waals surface area contributed by atoms with Gasteiger partial charge in [0.2, 0.25) is 5.69 Å². The Kier molecular flexibility index (Phi) is 2.45. The third-order valence-electron chi connectivity index (χ3n) is 3.56. The highest BCUT2D eigenvalue weighted by molar-refractivity contribution is 5.95. The van der Waals surface area contributed by atoms with Crippen LogP contribution in [0.2, 0.25) is 0 Å². The van der Waals surface area contributed by atoms with Crippen LogP contribution in [0.25, 0.3) is 37.9 Å². The molecule has 4 rings (SSSR count). The fourth-order valence-electron chi connectivity index (χ4n) is 2.51. The van der Waals surface area contributed by atoms with Crippen LogP contribution >= 0.6 is 0 Å². The minimum Gasteiger partial charge on any atom is -0.275 e. The van der Waals surface area contributed by atoms with E-state index in [0.717, 1.165) is 16.6 Å². The molecule has 2 aromatic heterocycles. The Morgan fingerprint density at radius 1 is 1.00 bits per heavy atom. The van der Waals surface area contributed by atoms with Crippen LogP contribution in [0.5, 0.6) is 0 Å². The molecule has 4 aromatic rings. The highest BCUT2D eigenvalue weighted by Crippen LogP contribution is 2.30. The lowest BCUT2D eigenvalue weighted by Crippen LogP contribution is -1.80. The molecule has 2 aromatic carbocycles. The molecule has 0 aliphatic carbocycles. The molecule has 0 radical (unpaired) electrons. The summed E-state index contributed by atoms with van der Waals surface area (Å²) in [5.74, 6) is 0. The third kappa shape index (κ3) is 1.84. The SMILES string of the molecule is [C-]#[N+]c1cnc2n[nH]c(-c3ccc4ccccc4c3)c2c1. The van der Waals surface area contributed by atoms with Gasteiger partial charge in [-0.25, -0.2) is 9.83 Å². The van der Waals surface area contributed by atoms with Gasteiger partial charge in [0.05, 0.1) is 12.3 Å². The van der Waals surface area contributed by atoms with Gasteiger partial charge in [-0.15, -0.1) is 0 Å². The van der Waals surface area contributed by atoms with Crippen molar-refractivity contribution in [1.29, 1.82) is 0 Å². The quantitative estimate of drug-likeness (QED) is 0.523.